The zero-order chi connectivity index (χ0) is 28.6. The number of hydrogen-bond donors (Lipinski definition) is 1. The molecule has 0 saturated carbocycles. The molecule has 1 atom stereocenters. The molecule has 3 aromatic carbocycles. The SMILES string of the molecule is CCCNC(=O)C(CC)N(Cc1ccccc1C)C(=O)CN(c1ccc(Cl)cc1Cl)S(=O)(=O)c1ccccc1. The molecule has 0 aliphatic heterocycles. The van der Waals surface area contributed by atoms with Crippen molar-refractivity contribution in [1.82, 2.24) is 10.2 Å². The van der Waals surface area contributed by atoms with Gasteiger partial charge in [0.15, 0.2) is 0 Å². The van der Waals surface area contributed by atoms with Crippen molar-refractivity contribution < 1.29 is 18.0 Å². The maximum Gasteiger partial charge on any atom is 0.264 e. The van der Waals surface area contributed by atoms with Gasteiger partial charge in [0.1, 0.15) is 12.6 Å². The van der Waals surface area contributed by atoms with Crippen LogP contribution < -0.4 is 9.62 Å². The predicted molar refractivity (Wildman–Crippen MR) is 157 cm³/mol. The number of sulfonamides is 1. The van der Waals surface area contributed by atoms with Crippen LogP contribution >= 0.6 is 23.2 Å². The zero-order valence-corrected chi connectivity index (χ0v) is 24.6. The molecule has 0 aliphatic carbocycles. The molecule has 0 spiro atoms. The lowest BCUT2D eigenvalue weighted by molar-refractivity contribution is -0.140. The summed E-state index contributed by atoms with van der Waals surface area (Å²) in [5, 5.41) is 3.28. The number of hydrogen-bond acceptors (Lipinski definition) is 4. The number of aryl methyl sites for hydroxylation is 1. The summed E-state index contributed by atoms with van der Waals surface area (Å²) in [5.41, 5.74) is 1.92. The molecule has 0 aromatic heterocycles. The van der Waals surface area contributed by atoms with Crippen molar-refractivity contribution in [1.29, 1.82) is 0 Å². The highest BCUT2D eigenvalue weighted by molar-refractivity contribution is 7.92. The van der Waals surface area contributed by atoms with E-state index in [-0.39, 0.29) is 28.1 Å². The van der Waals surface area contributed by atoms with Crippen LogP contribution in [0.15, 0.2) is 77.7 Å². The van der Waals surface area contributed by atoms with Crippen LogP contribution in [0.5, 0.6) is 0 Å². The van der Waals surface area contributed by atoms with Crippen LogP contribution in [0.4, 0.5) is 5.69 Å². The van der Waals surface area contributed by atoms with Gasteiger partial charge in [0.2, 0.25) is 11.8 Å². The van der Waals surface area contributed by atoms with Crippen LogP contribution in [0.1, 0.15) is 37.8 Å². The maximum atomic E-state index is 14.0. The van der Waals surface area contributed by atoms with Gasteiger partial charge in [-0.15, -0.1) is 0 Å². The number of carbonyl (C=O) groups is 2. The van der Waals surface area contributed by atoms with E-state index in [9.17, 15) is 18.0 Å². The molecule has 0 aliphatic rings. The summed E-state index contributed by atoms with van der Waals surface area (Å²) < 4.78 is 28.7. The fourth-order valence-corrected chi connectivity index (χ4v) is 6.19. The molecule has 2 amide bonds. The monoisotopic (exact) mass is 589 g/mol. The Morgan fingerprint density at radius 1 is 0.949 bits per heavy atom. The Bertz CT molecular complexity index is 1400. The Labute approximate surface area is 240 Å². The fraction of sp³-hybridized carbons (Fsp3) is 0.310. The van der Waals surface area contributed by atoms with Crippen molar-refractivity contribution in [2.45, 2.75) is 51.1 Å². The summed E-state index contributed by atoms with van der Waals surface area (Å²) in [6, 6.07) is 19.0. The number of anilines is 1. The van der Waals surface area contributed by atoms with Gasteiger partial charge in [-0.05, 0) is 61.2 Å². The fourth-order valence-electron chi connectivity index (χ4n) is 4.17. The molecule has 1 N–H and O–H groups in total. The number of halogens is 2. The van der Waals surface area contributed by atoms with E-state index in [0.717, 1.165) is 21.9 Å². The maximum absolute atomic E-state index is 14.0. The van der Waals surface area contributed by atoms with Gasteiger partial charge in [0, 0.05) is 18.1 Å². The van der Waals surface area contributed by atoms with Crippen LogP contribution in [-0.4, -0.2) is 44.3 Å². The topological polar surface area (TPSA) is 86.8 Å². The number of amides is 2. The highest BCUT2D eigenvalue weighted by Gasteiger charge is 2.34. The first-order valence-corrected chi connectivity index (χ1v) is 14.9. The van der Waals surface area contributed by atoms with E-state index < -0.39 is 28.5 Å². The van der Waals surface area contributed by atoms with Crippen molar-refractivity contribution >= 4 is 50.7 Å². The first-order chi connectivity index (χ1) is 18.6. The molecule has 0 heterocycles. The summed E-state index contributed by atoms with van der Waals surface area (Å²) in [4.78, 5) is 28.6. The average Bonchev–Trinajstić information content (AvgIpc) is 2.92. The predicted octanol–water partition coefficient (Wildman–Crippen LogP) is 5.83. The lowest BCUT2D eigenvalue weighted by atomic mass is 10.1. The van der Waals surface area contributed by atoms with E-state index in [0.29, 0.717) is 18.0 Å². The smallest absolute Gasteiger partial charge is 0.264 e. The minimum Gasteiger partial charge on any atom is -0.354 e. The van der Waals surface area contributed by atoms with E-state index in [1.807, 2.05) is 45.0 Å². The lowest BCUT2D eigenvalue weighted by Gasteiger charge is -2.33. The third-order valence-corrected chi connectivity index (χ3v) is 8.64. The first kappa shape index (κ1) is 30.5. The molecule has 3 aromatic rings. The minimum atomic E-state index is -4.21. The first-order valence-electron chi connectivity index (χ1n) is 12.7. The standard InChI is InChI=1S/C29H33Cl2N3O4S/c1-4-17-32-29(36)26(5-2)33(19-22-12-10-9-11-21(22)3)28(35)20-34(27-16-15-23(30)18-25(27)31)39(37,38)24-13-7-6-8-14-24/h6-16,18,26H,4-5,17,19-20H2,1-3H3,(H,32,36). The Hall–Kier alpha value is -3.07. The summed E-state index contributed by atoms with van der Waals surface area (Å²) in [7, 11) is -4.21. The Kier molecular flexibility index (Phi) is 10.8. The van der Waals surface area contributed by atoms with Gasteiger partial charge in [0.25, 0.3) is 10.0 Å². The van der Waals surface area contributed by atoms with E-state index in [1.54, 1.807) is 18.2 Å². The number of rotatable bonds is 12. The van der Waals surface area contributed by atoms with E-state index in [4.69, 9.17) is 23.2 Å². The minimum absolute atomic E-state index is 0.00185. The summed E-state index contributed by atoms with van der Waals surface area (Å²) in [5.74, 6) is -0.828. The Morgan fingerprint density at radius 3 is 2.23 bits per heavy atom. The van der Waals surface area contributed by atoms with Crippen molar-refractivity contribution in [2.24, 2.45) is 0 Å². The summed E-state index contributed by atoms with van der Waals surface area (Å²) >= 11 is 12.5. The Balaban J connectivity index is 2.08. The number of nitrogens with one attached hydrogen (secondary N) is 1. The molecule has 1 unspecified atom stereocenters. The largest absolute Gasteiger partial charge is 0.354 e. The highest BCUT2D eigenvalue weighted by Crippen LogP contribution is 2.33. The quantitative estimate of drug-likeness (QED) is 0.288. The summed E-state index contributed by atoms with van der Waals surface area (Å²) in [6.45, 7) is 5.73. The second-order valence-corrected chi connectivity index (χ2v) is 11.8. The van der Waals surface area contributed by atoms with Gasteiger partial charge in [-0.2, -0.15) is 0 Å². The van der Waals surface area contributed by atoms with Crippen molar-refractivity contribution in [3.63, 3.8) is 0 Å². The van der Waals surface area contributed by atoms with Crippen LogP contribution in [-0.2, 0) is 26.2 Å². The zero-order valence-electron chi connectivity index (χ0n) is 22.2. The number of carbonyl (C=O) groups excluding carboxylic acids is 2. The van der Waals surface area contributed by atoms with Gasteiger partial charge in [-0.1, -0.05) is 79.5 Å². The van der Waals surface area contributed by atoms with Crippen molar-refractivity contribution in [3.8, 4) is 0 Å². The van der Waals surface area contributed by atoms with E-state index >= 15 is 0 Å². The van der Waals surface area contributed by atoms with Gasteiger partial charge >= 0.3 is 0 Å². The summed E-state index contributed by atoms with van der Waals surface area (Å²) in [6.07, 6.45) is 1.09. The molecule has 39 heavy (non-hydrogen) atoms. The molecule has 3 rings (SSSR count). The number of benzene rings is 3. The molecule has 0 saturated heterocycles. The van der Waals surface area contributed by atoms with Gasteiger partial charge in [0.05, 0.1) is 15.6 Å². The van der Waals surface area contributed by atoms with E-state index in [2.05, 4.69) is 5.32 Å². The molecule has 10 heteroatoms. The van der Waals surface area contributed by atoms with E-state index in [1.165, 1.54) is 35.2 Å². The van der Waals surface area contributed by atoms with Gasteiger partial charge in [-0.3, -0.25) is 13.9 Å². The van der Waals surface area contributed by atoms with Crippen LogP contribution in [0.2, 0.25) is 10.0 Å². The van der Waals surface area contributed by atoms with Gasteiger partial charge < -0.3 is 10.2 Å². The van der Waals surface area contributed by atoms with Crippen LogP contribution in [0.3, 0.4) is 0 Å². The third kappa shape index (κ3) is 7.53. The highest BCUT2D eigenvalue weighted by atomic mass is 35.5. The second-order valence-electron chi connectivity index (χ2n) is 9.08. The molecule has 0 radical (unpaired) electrons. The Morgan fingerprint density at radius 2 is 1.62 bits per heavy atom. The normalized spacial score (nSPS) is 12.0. The third-order valence-electron chi connectivity index (χ3n) is 6.33. The molecular weight excluding hydrogens is 557 g/mol. The molecule has 0 fully saturated rings. The average molecular weight is 591 g/mol. The second kappa shape index (κ2) is 13.8. The molecule has 0 bridgehead atoms. The van der Waals surface area contributed by atoms with Gasteiger partial charge in [-0.25, -0.2) is 8.42 Å². The van der Waals surface area contributed by atoms with Crippen LogP contribution in [0.25, 0.3) is 0 Å². The number of nitrogens with zero attached hydrogens (tertiary/aromatic N) is 2. The molecule has 7 nitrogen and oxygen atoms in total. The van der Waals surface area contributed by atoms with Crippen molar-refractivity contribution in [2.75, 3.05) is 17.4 Å². The van der Waals surface area contributed by atoms with Crippen LogP contribution in [0, 0.1) is 6.92 Å². The molecule has 208 valence electrons. The molecular formula is C29H33Cl2N3O4S. The lowest BCUT2D eigenvalue weighted by Crippen LogP contribution is -2.52. The van der Waals surface area contributed by atoms with Crippen molar-refractivity contribution in [3.05, 3.63) is 94.0 Å².